The molecule has 0 atom stereocenters. The molecule has 0 amide bonds. The van der Waals surface area contributed by atoms with Gasteiger partial charge in [0.2, 0.25) is 0 Å². The highest BCUT2D eigenvalue weighted by atomic mass is 15.1. The summed E-state index contributed by atoms with van der Waals surface area (Å²) >= 11 is 0. The summed E-state index contributed by atoms with van der Waals surface area (Å²) in [5.41, 5.74) is 17.9. The molecule has 8 aromatic carbocycles. The Labute approximate surface area is 307 Å². The molecule has 0 aromatic heterocycles. The first kappa shape index (κ1) is 31.5. The first-order chi connectivity index (χ1) is 25.6. The van der Waals surface area contributed by atoms with Gasteiger partial charge in [-0.2, -0.15) is 0 Å². The van der Waals surface area contributed by atoms with Gasteiger partial charge in [-0.3, -0.25) is 0 Å². The minimum absolute atomic E-state index is 0.497. The second kappa shape index (κ2) is 13.0. The summed E-state index contributed by atoms with van der Waals surface area (Å²) in [6, 6.07) is 73.5. The number of hydrogen-bond acceptors (Lipinski definition) is 1. The highest BCUT2D eigenvalue weighted by Crippen LogP contribution is 2.57. The summed E-state index contributed by atoms with van der Waals surface area (Å²) in [6.07, 6.45) is 0. The van der Waals surface area contributed by atoms with Crippen LogP contribution in [0.15, 0.2) is 200 Å². The lowest BCUT2D eigenvalue weighted by Gasteiger charge is -2.36. The SMILES string of the molecule is Cc1ccc(C2(c3cc(C)cc(N(c4ccc(-c5ccccc5)cc4)c4ccccc4-c4ccccc4)c3)c3ccccc3-c3ccccc32)cc1. The van der Waals surface area contributed by atoms with Crippen molar-refractivity contribution in [2.75, 3.05) is 4.90 Å². The van der Waals surface area contributed by atoms with E-state index in [1.54, 1.807) is 0 Å². The van der Waals surface area contributed by atoms with Crippen LogP contribution in [0.3, 0.4) is 0 Å². The van der Waals surface area contributed by atoms with E-state index in [0.29, 0.717) is 0 Å². The van der Waals surface area contributed by atoms with Crippen molar-refractivity contribution in [3.63, 3.8) is 0 Å². The lowest BCUT2D eigenvalue weighted by Crippen LogP contribution is -2.29. The average molecular weight is 666 g/mol. The summed E-state index contributed by atoms with van der Waals surface area (Å²) in [4.78, 5) is 2.45. The summed E-state index contributed by atoms with van der Waals surface area (Å²) in [5.74, 6) is 0. The number of rotatable bonds is 7. The van der Waals surface area contributed by atoms with Gasteiger partial charge < -0.3 is 4.90 Å². The number of hydrogen-bond donors (Lipinski definition) is 0. The predicted molar refractivity (Wildman–Crippen MR) is 219 cm³/mol. The molecule has 0 fully saturated rings. The number of aryl methyl sites for hydroxylation is 2. The number of nitrogens with zero attached hydrogens (tertiary/aromatic N) is 1. The van der Waals surface area contributed by atoms with E-state index in [-0.39, 0.29) is 0 Å². The Balaban J connectivity index is 1.31. The molecule has 52 heavy (non-hydrogen) atoms. The van der Waals surface area contributed by atoms with E-state index in [0.717, 1.165) is 17.1 Å². The monoisotopic (exact) mass is 665 g/mol. The van der Waals surface area contributed by atoms with Crippen molar-refractivity contribution < 1.29 is 0 Å². The van der Waals surface area contributed by atoms with Gasteiger partial charge in [0.1, 0.15) is 0 Å². The molecule has 248 valence electrons. The molecular weight excluding hydrogens is 627 g/mol. The third-order valence-electron chi connectivity index (χ3n) is 10.7. The molecule has 0 aliphatic heterocycles. The molecule has 1 heteroatoms. The van der Waals surface area contributed by atoms with Crippen molar-refractivity contribution in [3.05, 3.63) is 234 Å². The summed E-state index contributed by atoms with van der Waals surface area (Å²) in [6.45, 7) is 4.41. The second-order valence-corrected chi connectivity index (χ2v) is 13.9. The van der Waals surface area contributed by atoms with Crippen LogP contribution in [0.25, 0.3) is 33.4 Å². The molecule has 9 rings (SSSR count). The maximum absolute atomic E-state index is 2.45. The van der Waals surface area contributed by atoms with E-state index in [2.05, 4.69) is 219 Å². The summed E-state index contributed by atoms with van der Waals surface area (Å²) < 4.78 is 0. The van der Waals surface area contributed by atoms with Crippen molar-refractivity contribution in [1.82, 2.24) is 0 Å². The van der Waals surface area contributed by atoms with Gasteiger partial charge in [0.15, 0.2) is 0 Å². The molecule has 1 nitrogen and oxygen atoms in total. The summed E-state index contributed by atoms with van der Waals surface area (Å²) in [5, 5.41) is 0. The smallest absolute Gasteiger partial charge is 0.0714 e. The number of benzene rings is 8. The van der Waals surface area contributed by atoms with Crippen LogP contribution >= 0.6 is 0 Å². The van der Waals surface area contributed by atoms with Gasteiger partial charge in [-0.1, -0.05) is 175 Å². The van der Waals surface area contributed by atoms with Crippen LogP contribution in [0.5, 0.6) is 0 Å². The quantitative estimate of drug-likeness (QED) is 0.164. The molecule has 1 aliphatic carbocycles. The first-order valence-corrected chi connectivity index (χ1v) is 18.1. The molecule has 0 bridgehead atoms. The van der Waals surface area contributed by atoms with Gasteiger partial charge in [0, 0.05) is 16.9 Å². The Hall–Kier alpha value is -6.44. The zero-order valence-electron chi connectivity index (χ0n) is 29.5. The largest absolute Gasteiger partial charge is 0.310 e. The van der Waals surface area contributed by atoms with E-state index >= 15 is 0 Å². The van der Waals surface area contributed by atoms with Crippen molar-refractivity contribution in [2.45, 2.75) is 19.3 Å². The van der Waals surface area contributed by atoms with Crippen LogP contribution in [0.2, 0.25) is 0 Å². The van der Waals surface area contributed by atoms with E-state index in [1.807, 2.05) is 0 Å². The molecule has 0 radical (unpaired) electrons. The molecular formula is C51H39N. The molecule has 0 N–H and O–H groups in total. The van der Waals surface area contributed by atoms with Gasteiger partial charge in [-0.15, -0.1) is 0 Å². The van der Waals surface area contributed by atoms with Gasteiger partial charge >= 0.3 is 0 Å². The van der Waals surface area contributed by atoms with Crippen molar-refractivity contribution >= 4 is 17.1 Å². The fourth-order valence-corrected chi connectivity index (χ4v) is 8.33. The van der Waals surface area contributed by atoms with Gasteiger partial charge in [0.25, 0.3) is 0 Å². The van der Waals surface area contributed by atoms with Crippen LogP contribution in [0.1, 0.15) is 33.4 Å². The Bertz CT molecular complexity index is 2470. The second-order valence-electron chi connectivity index (χ2n) is 13.9. The Morgan fingerprint density at radius 2 is 0.865 bits per heavy atom. The first-order valence-electron chi connectivity index (χ1n) is 18.1. The van der Waals surface area contributed by atoms with Crippen LogP contribution in [-0.4, -0.2) is 0 Å². The minimum Gasteiger partial charge on any atom is -0.310 e. The van der Waals surface area contributed by atoms with E-state index < -0.39 is 5.41 Å². The standard InChI is InChI=1S/C51H39N/c1-36-25-29-41(30-26-36)51(48-22-12-9-20-46(48)47-21-10-13-23-49(47)51)42-33-37(2)34-44(35-42)52(43-31-27-39(28-32-43)38-15-5-3-6-16-38)50-24-14-11-19-45(50)40-17-7-4-8-18-40/h3-35H,1-2H3. The number of anilines is 3. The zero-order chi connectivity index (χ0) is 35.1. The van der Waals surface area contributed by atoms with E-state index in [4.69, 9.17) is 0 Å². The highest BCUT2D eigenvalue weighted by molar-refractivity contribution is 5.90. The Morgan fingerprint density at radius 3 is 1.50 bits per heavy atom. The maximum atomic E-state index is 2.45. The van der Waals surface area contributed by atoms with Crippen molar-refractivity contribution in [1.29, 1.82) is 0 Å². The average Bonchev–Trinajstić information content (AvgIpc) is 3.50. The third-order valence-corrected chi connectivity index (χ3v) is 10.7. The topological polar surface area (TPSA) is 3.24 Å². The highest BCUT2D eigenvalue weighted by Gasteiger charge is 2.46. The van der Waals surface area contributed by atoms with Crippen LogP contribution in [0.4, 0.5) is 17.1 Å². The van der Waals surface area contributed by atoms with Crippen molar-refractivity contribution in [2.24, 2.45) is 0 Å². The minimum atomic E-state index is -0.497. The van der Waals surface area contributed by atoms with Gasteiger partial charge in [-0.25, -0.2) is 0 Å². The molecule has 0 spiro atoms. The number of para-hydroxylation sites is 1. The molecule has 0 saturated carbocycles. The normalized spacial score (nSPS) is 12.6. The van der Waals surface area contributed by atoms with Gasteiger partial charge in [-0.05, 0) is 99.8 Å². The Morgan fingerprint density at radius 1 is 0.346 bits per heavy atom. The fourth-order valence-electron chi connectivity index (χ4n) is 8.33. The maximum Gasteiger partial charge on any atom is 0.0714 e. The fraction of sp³-hybridized carbons (Fsp3) is 0.0588. The molecule has 0 saturated heterocycles. The van der Waals surface area contributed by atoms with Crippen LogP contribution in [-0.2, 0) is 5.41 Å². The summed E-state index contributed by atoms with van der Waals surface area (Å²) in [7, 11) is 0. The van der Waals surface area contributed by atoms with E-state index in [9.17, 15) is 0 Å². The van der Waals surface area contributed by atoms with E-state index in [1.165, 1.54) is 66.8 Å². The zero-order valence-corrected chi connectivity index (χ0v) is 29.5. The number of fused-ring (bicyclic) bond motifs is 3. The molecule has 0 heterocycles. The van der Waals surface area contributed by atoms with Crippen molar-refractivity contribution in [3.8, 4) is 33.4 Å². The van der Waals surface area contributed by atoms with Gasteiger partial charge in [0.05, 0.1) is 11.1 Å². The lowest BCUT2D eigenvalue weighted by molar-refractivity contribution is 0.767. The Kier molecular flexibility index (Phi) is 7.90. The lowest BCUT2D eigenvalue weighted by atomic mass is 9.67. The third kappa shape index (κ3) is 5.25. The molecule has 0 unspecified atom stereocenters. The van der Waals surface area contributed by atoms with Crippen LogP contribution in [0, 0.1) is 13.8 Å². The predicted octanol–water partition coefficient (Wildman–Crippen LogP) is 13.5. The van der Waals surface area contributed by atoms with Crippen LogP contribution < -0.4 is 4.90 Å². The molecule has 1 aliphatic rings. The molecule has 8 aromatic rings.